The number of hydrogen-bond acceptors (Lipinski definition) is 4. The molecule has 0 radical (unpaired) electrons. The molecule has 0 spiro atoms. The van der Waals surface area contributed by atoms with Crippen LogP contribution in [0.2, 0.25) is 0 Å². The molecule has 3 heterocycles. The average Bonchev–Trinajstić information content (AvgIpc) is 2.84. The van der Waals surface area contributed by atoms with E-state index in [0.717, 1.165) is 11.5 Å². The van der Waals surface area contributed by atoms with Crippen molar-refractivity contribution in [1.29, 1.82) is 0 Å². The van der Waals surface area contributed by atoms with Gasteiger partial charge in [-0.3, -0.25) is 4.68 Å². The van der Waals surface area contributed by atoms with Crippen LogP contribution in [0.5, 0.6) is 0 Å². The topological polar surface area (TPSA) is 60.0 Å². The lowest BCUT2D eigenvalue weighted by Gasteiger charge is -1.93. The van der Waals surface area contributed by atoms with Gasteiger partial charge >= 0.3 is 0 Å². The van der Waals surface area contributed by atoms with E-state index in [1.807, 2.05) is 43.7 Å². The third kappa shape index (κ3) is 1.50. The second-order valence-corrected chi connectivity index (χ2v) is 3.44. The summed E-state index contributed by atoms with van der Waals surface area (Å²) >= 11 is 0. The molecule has 0 fully saturated rings. The van der Waals surface area contributed by atoms with Gasteiger partial charge in [0.05, 0.1) is 0 Å². The quantitative estimate of drug-likeness (QED) is 0.696. The summed E-state index contributed by atoms with van der Waals surface area (Å²) in [5.41, 5.74) is 0.806. The number of fused-ring (bicyclic) bond motifs is 1. The van der Waals surface area contributed by atoms with Gasteiger partial charge in [-0.2, -0.15) is 10.1 Å². The van der Waals surface area contributed by atoms with Crippen molar-refractivity contribution in [3.8, 4) is 0 Å². The normalized spacial score (nSPS) is 10.8. The SMILES string of the molecule is Cn1ccc(Nc2nc3ccccn3n2)n1. The van der Waals surface area contributed by atoms with Gasteiger partial charge in [0.25, 0.3) is 0 Å². The Hall–Kier alpha value is -2.37. The van der Waals surface area contributed by atoms with Crippen LogP contribution in [0.4, 0.5) is 11.8 Å². The second kappa shape index (κ2) is 3.34. The maximum Gasteiger partial charge on any atom is 0.248 e. The van der Waals surface area contributed by atoms with Crippen molar-refractivity contribution in [1.82, 2.24) is 24.4 Å². The summed E-state index contributed by atoms with van der Waals surface area (Å²) in [6.07, 6.45) is 3.71. The monoisotopic (exact) mass is 214 g/mol. The molecule has 0 saturated carbocycles. The van der Waals surface area contributed by atoms with Crippen molar-refractivity contribution in [2.45, 2.75) is 0 Å². The van der Waals surface area contributed by atoms with Crippen LogP contribution in [0.1, 0.15) is 0 Å². The molecule has 0 bridgehead atoms. The van der Waals surface area contributed by atoms with Crippen molar-refractivity contribution < 1.29 is 0 Å². The molecule has 80 valence electrons. The van der Waals surface area contributed by atoms with Crippen molar-refractivity contribution in [3.05, 3.63) is 36.7 Å². The Morgan fingerprint density at radius 2 is 2.06 bits per heavy atom. The minimum absolute atomic E-state index is 0.546. The van der Waals surface area contributed by atoms with Gasteiger partial charge in [-0.25, -0.2) is 4.52 Å². The summed E-state index contributed by atoms with van der Waals surface area (Å²) < 4.78 is 3.43. The molecule has 0 aromatic carbocycles. The molecular weight excluding hydrogens is 204 g/mol. The van der Waals surface area contributed by atoms with Crippen molar-refractivity contribution >= 4 is 17.4 Å². The molecule has 3 aromatic heterocycles. The summed E-state index contributed by atoms with van der Waals surface area (Å²) in [6.45, 7) is 0. The standard InChI is InChI=1S/C10H10N6/c1-15-7-5-8(13-15)11-10-12-9-4-2-3-6-16(9)14-10/h2-7H,1H3,(H,11,13,14). The zero-order chi connectivity index (χ0) is 11.0. The lowest BCUT2D eigenvalue weighted by molar-refractivity contribution is 0.770. The predicted octanol–water partition coefficient (Wildman–Crippen LogP) is 1.21. The summed E-state index contributed by atoms with van der Waals surface area (Å²) in [6, 6.07) is 7.60. The Morgan fingerprint density at radius 1 is 1.12 bits per heavy atom. The number of anilines is 2. The van der Waals surface area contributed by atoms with Crippen LogP contribution in [-0.2, 0) is 7.05 Å². The lowest BCUT2D eigenvalue weighted by Crippen LogP contribution is -1.95. The van der Waals surface area contributed by atoms with Gasteiger partial charge in [-0.1, -0.05) is 6.07 Å². The molecule has 1 N–H and O–H groups in total. The number of nitrogens with one attached hydrogen (secondary N) is 1. The van der Waals surface area contributed by atoms with Crippen LogP contribution in [0, 0.1) is 0 Å². The van der Waals surface area contributed by atoms with E-state index >= 15 is 0 Å². The smallest absolute Gasteiger partial charge is 0.248 e. The summed E-state index contributed by atoms with van der Waals surface area (Å²) in [5, 5.41) is 11.5. The molecule has 6 heteroatoms. The van der Waals surface area contributed by atoms with E-state index in [4.69, 9.17) is 0 Å². The molecule has 0 atom stereocenters. The highest BCUT2D eigenvalue weighted by Crippen LogP contribution is 2.10. The fraction of sp³-hybridized carbons (Fsp3) is 0.100. The van der Waals surface area contributed by atoms with Gasteiger partial charge in [0.1, 0.15) is 0 Å². The molecule has 0 aliphatic rings. The van der Waals surface area contributed by atoms with Crippen LogP contribution in [-0.4, -0.2) is 24.4 Å². The third-order valence-electron chi connectivity index (χ3n) is 2.19. The third-order valence-corrected chi connectivity index (χ3v) is 2.19. The van der Waals surface area contributed by atoms with E-state index in [0.29, 0.717) is 5.95 Å². The molecule has 16 heavy (non-hydrogen) atoms. The Kier molecular flexibility index (Phi) is 1.86. The minimum atomic E-state index is 0.546. The van der Waals surface area contributed by atoms with Gasteiger partial charge in [0.15, 0.2) is 11.5 Å². The van der Waals surface area contributed by atoms with Gasteiger partial charge in [-0.15, -0.1) is 5.10 Å². The van der Waals surface area contributed by atoms with Gasteiger partial charge < -0.3 is 5.32 Å². The molecular formula is C10H10N6. The fourth-order valence-electron chi connectivity index (χ4n) is 1.48. The largest absolute Gasteiger partial charge is 0.306 e. The van der Waals surface area contributed by atoms with Crippen LogP contribution in [0.25, 0.3) is 5.65 Å². The number of rotatable bonds is 2. The average molecular weight is 214 g/mol. The first-order valence-corrected chi connectivity index (χ1v) is 4.89. The number of pyridine rings is 1. The minimum Gasteiger partial charge on any atom is -0.306 e. The molecule has 6 nitrogen and oxygen atoms in total. The predicted molar refractivity (Wildman–Crippen MR) is 59.5 cm³/mol. The molecule has 0 aliphatic carbocycles. The summed E-state index contributed by atoms with van der Waals surface area (Å²) in [5.74, 6) is 1.28. The molecule has 0 saturated heterocycles. The van der Waals surface area contributed by atoms with Crippen LogP contribution >= 0.6 is 0 Å². The van der Waals surface area contributed by atoms with Crippen molar-refractivity contribution in [2.75, 3.05) is 5.32 Å². The van der Waals surface area contributed by atoms with E-state index in [9.17, 15) is 0 Å². The number of aryl methyl sites for hydroxylation is 1. The second-order valence-electron chi connectivity index (χ2n) is 3.44. The Balaban J connectivity index is 1.95. The van der Waals surface area contributed by atoms with E-state index in [1.54, 1.807) is 9.20 Å². The first-order chi connectivity index (χ1) is 7.81. The Morgan fingerprint density at radius 3 is 2.81 bits per heavy atom. The van der Waals surface area contributed by atoms with Crippen LogP contribution in [0.15, 0.2) is 36.7 Å². The maximum atomic E-state index is 4.31. The van der Waals surface area contributed by atoms with Gasteiger partial charge in [0, 0.05) is 25.5 Å². The van der Waals surface area contributed by atoms with E-state index < -0.39 is 0 Å². The zero-order valence-electron chi connectivity index (χ0n) is 8.70. The van der Waals surface area contributed by atoms with Crippen molar-refractivity contribution in [3.63, 3.8) is 0 Å². The molecule has 0 aliphatic heterocycles. The molecule has 3 aromatic rings. The summed E-state index contributed by atoms with van der Waals surface area (Å²) in [4.78, 5) is 4.31. The fourth-order valence-corrected chi connectivity index (χ4v) is 1.48. The zero-order valence-corrected chi connectivity index (χ0v) is 8.70. The van der Waals surface area contributed by atoms with Crippen LogP contribution < -0.4 is 5.32 Å². The molecule has 3 rings (SSSR count). The number of hydrogen-bond donors (Lipinski definition) is 1. The van der Waals surface area contributed by atoms with Crippen molar-refractivity contribution in [2.24, 2.45) is 7.05 Å². The van der Waals surface area contributed by atoms with Gasteiger partial charge in [0.2, 0.25) is 5.95 Å². The Labute approximate surface area is 91.5 Å². The van der Waals surface area contributed by atoms with Crippen LogP contribution in [0.3, 0.4) is 0 Å². The van der Waals surface area contributed by atoms with Gasteiger partial charge in [-0.05, 0) is 12.1 Å². The van der Waals surface area contributed by atoms with E-state index in [-0.39, 0.29) is 0 Å². The molecule has 0 amide bonds. The first-order valence-electron chi connectivity index (χ1n) is 4.89. The highest BCUT2D eigenvalue weighted by molar-refractivity contribution is 5.51. The molecule has 0 unspecified atom stereocenters. The Bertz CT molecular complexity index is 590. The number of nitrogens with zero attached hydrogens (tertiary/aromatic N) is 5. The first kappa shape index (κ1) is 8.90. The van der Waals surface area contributed by atoms with E-state index in [2.05, 4.69) is 20.5 Å². The summed E-state index contributed by atoms with van der Waals surface area (Å²) in [7, 11) is 1.86. The highest BCUT2D eigenvalue weighted by Gasteiger charge is 2.03. The van der Waals surface area contributed by atoms with E-state index in [1.165, 1.54) is 0 Å². The lowest BCUT2D eigenvalue weighted by atomic mass is 10.5. The number of aromatic nitrogens is 5. The highest BCUT2D eigenvalue weighted by atomic mass is 15.4. The maximum absolute atomic E-state index is 4.31.